The van der Waals surface area contributed by atoms with Crippen LogP contribution in [-0.2, 0) is 12.8 Å². The van der Waals surface area contributed by atoms with Gasteiger partial charge in [0.05, 0.1) is 4.88 Å². The summed E-state index contributed by atoms with van der Waals surface area (Å²) in [7, 11) is 0. The van der Waals surface area contributed by atoms with Crippen LogP contribution < -0.4 is 5.32 Å². The largest absolute Gasteiger partial charge is 0.296 e. The molecule has 4 nitrogen and oxygen atoms in total. The SMILES string of the molecule is CC[C@H]1CCc2sc(C(=O)Nc3nnc(C4CC4)s3)cc2C1. The van der Waals surface area contributed by atoms with E-state index in [0.717, 1.165) is 28.6 Å². The summed E-state index contributed by atoms with van der Waals surface area (Å²) in [5.41, 5.74) is 1.38. The Morgan fingerprint density at radius 2 is 2.18 bits per heavy atom. The van der Waals surface area contributed by atoms with Crippen LogP contribution in [0.4, 0.5) is 5.13 Å². The molecule has 1 atom stereocenters. The summed E-state index contributed by atoms with van der Waals surface area (Å²) >= 11 is 3.16. The fourth-order valence-electron chi connectivity index (χ4n) is 3.00. The molecule has 6 heteroatoms. The first-order valence-corrected chi connectivity index (χ1v) is 9.62. The van der Waals surface area contributed by atoms with Crippen molar-refractivity contribution in [1.82, 2.24) is 10.2 Å². The maximum absolute atomic E-state index is 12.4. The molecule has 1 fully saturated rings. The van der Waals surface area contributed by atoms with Gasteiger partial charge in [0.25, 0.3) is 5.91 Å². The van der Waals surface area contributed by atoms with Gasteiger partial charge in [-0.3, -0.25) is 10.1 Å². The van der Waals surface area contributed by atoms with E-state index in [9.17, 15) is 4.79 Å². The first kappa shape index (κ1) is 14.3. The van der Waals surface area contributed by atoms with Gasteiger partial charge < -0.3 is 0 Å². The Balaban J connectivity index is 1.47. The molecule has 1 N–H and O–H groups in total. The summed E-state index contributed by atoms with van der Waals surface area (Å²) in [6.45, 7) is 2.25. The van der Waals surface area contributed by atoms with Crippen molar-refractivity contribution in [3.8, 4) is 0 Å². The average Bonchev–Trinajstić information content (AvgIpc) is 3.12. The molecule has 0 aromatic carbocycles. The highest BCUT2D eigenvalue weighted by Crippen LogP contribution is 2.42. The van der Waals surface area contributed by atoms with E-state index in [2.05, 4.69) is 28.5 Å². The smallest absolute Gasteiger partial charge is 0.267 e. The Kier molecular flexibility index (Phi) is 3.74. The van der Waals surface area contributed by atoms with Crippen molar-refractivity contribution >= 4 is 33.7 Å². The highest BCUT2D eigenvalue weighted by molar-refractivity contribution is 7.16. The van der Waals surface area contributed by atoms with Gasteiger partial charge in [-0.1, -0.05) is 24.7 Å². The van der Waals surface area contributed by atoms with Gasteiger partial charge in [-0.2, -0.15) is 0 Å². The molecule has 0 saturated heterocycles. The number of amides is 1. The molecule has 2 aromatic heterocycles. The van der Waals surface area contributed by atoms with Crippen LogP contribution in [0, 0.1) is 5.92 Å². The van der Waals surface area contributed by atoms with Crippen LogP contribution in [0.15, 0.2) is 6.07 Å². The zero-order chi connectivity index (χ0) is 15.1. The number of carbonyl (C=O) groups excluding carboxylic acids is 1. The standard InChI is InChI=1S/C16H19N3OS2/c1-2-9-3-6-12-11(7-9)8-13(21-12)14(20)17-16-19-18-15(22-16)10-4-5-10/h8-10H,2-7H2,1H3,(H,17,19,20)/t9-/m0/s1. The molecule has 0 unspecified atom stereocenters. The number of nitrogens with zero attached hydrogens (tertiary/aromatic N) is 2. The number of nitrogens with one attached hydrogen (secondary N) is 1. The molecular formula is C16H19N3OS2. The highest BCUT2D eigenvalue weighted by atomic mass is 32.1. The van der Waals surface area contributed by atoms with Crippen LogP contribution in [0.2, 0.25) is 0 Å². The van der Waals surface area contributed by atoms with Crippen molar-refractivity contribution in [3.05, 3.63) is 26.4 Å². The molecule has 0 aliphatic heterocycles. The summed E-state index contributed by atoms with van der Waals surface area (Å²) in [6.07, 6.45) is 7.14. The number of fused-ring (bicyclic) bond motifs is 1. The molecule has 116 valence electrons. The van der Waals surface area contributed by atoms with E-state index in [1.54, 1.807) is 11.3 Å². The van der Waals surface area contributed by atoms with Gasteiger partial charge in [-0.05, 0) is 49.7 Å². The third kappa shape index (κ3) is 2.82. The number of anilines is 1. The van der Waals surface area contributed by atoms with Crippen molar-refractivity contribution in [2.24, 2.45) is 5.92 Å². The monoisotopic (exact) mass is 333 g/mol. The Morgan fingerprint density at radius 3 is 2.95 bits per heavy atom. The minimum absolute atomic E-state index is 0.0362. The molecule has 0 bridgehead atoms. The predicted molar refractivity (Wildman–Crippen MR) is 90.0 cm³/mol. The second-order valence-electron chi connectivity index (χ2n) is 6.25. The predicted octanol–water partition coefficient (Wildman–Crippen LogP) is 4.24. The fourth-order valence-corrected chi connectivity index (χ4v) is 5.01. The maximum Gasteiger partial charge on any atom is 0.267 e. The van der Waals surface area contributed by atoms with Gasteiger partial charge >= 0.3 is 0 Å². The van der Waals surface area contributed by atoms with E-state index >= 15 is 0 Å². The Morgan fingerprint density at radius 1 is 1.32 bits per heavy atom. The lowest BCUT2D eigenvalue weighted by Crippen LogP contribution is -2.11. The van der Waals surface area contributed by atoms with Crippen LogP contribution in [0.3, 0.4) is 0 Å². The number of rotatable bonds is 4. The zero-order valence-electron chi connectivity index (χ0n) is 12.6. The van der Waals surface area contributed by atoms with Crippen molar-refractivity contribution in [2.45, 2.75) is 51.4 Å². The third-order valence-electron chi connectivity index (χ3n) is 4.57. The number of hydrogen-bond donors (Lipinski definition) is 1. The Bertz CT molecular complexity index is 702. The number of aryl methyl sites for hydroxylation is 1. The van der Waals surface area contributed by atoms with Gasteiger partial charge in [-0.15, -0.1) is 21.5 Å². The molecule has 22 heavy (non-hydrogen) atoms. The van der Waals surface area contributed by atoms with Gasteiger partial charge in [0.1, 0.15) is 5.01 Å². The topological polar surface area (TPSA) is 54.9 Å². The average molecular weight is 333 g/mol. The van der Waals surface area contributed by atoms with Crippen LogP contribution in [0.1, 0.15) is 63.6 Å². The molecular weight excluding hydrogens is 314 g/mol. The molecule has 2 aromatic rings. The number of thiophene rings is 1. The van der Waals surface area contributed by atoms with E-state index in [-0.39, 0.29) is 5.91 Å². The second kappa shape index (κ2) is 5.74. The summed E-state index contributed by atoms with van der Waals surface area (Å²) in [6, 6.07) is 2.08. The van der Waals surface area contributed by atoms with E-state index in [1.165, 1.54) is 47.5 Å². The zero-order valence-corrected chi connectivity index (χ0v) is 14.2. The number of hydrogen-bond acceptors (Lipinski definition) is 5. The molecule has 4 rings (SSSR count). The number of aromatic nitrogens is 2. The lowest BCUT2D eigenvalue weighted by molar-refractivity contribution is 0.103. The van der Waals surface area contributed by atoms with E-state index in [1.807, 2.05) is 0 Å². The summed E-state index contributed by atoms with van der Waals surface area (Å²) < 4.78 is 0. The van der Waals surface area contributed by atoms with E-state index < -0.39 is 0 Å². The molecule has 1 saturated carbocycles. The lowest BCUT2D eigenvalue weighted by Gasteiger charge is -2.19. The van der Waals surface area contributed by atoms with Crippen molar-refractivity contribution in [3.63, 3.8) is 0 Å². The molecule has 2 aliphatic carbocycles. The van der Waals surface area contributed by atoms with Crippen LogP contribution in [0.5, 0.6) is 0 Å². The second-order valence-corrected chi connectivity index (χ2v) is 8.40. The first-order chi connectivity index (χ1) is 10.7. The summed E-state index contributed by atoms with van der Waals surface area (Å²) in [5, 5.41) is 12.9. The Hall–Kier alpha value is -1.27. The molecule has 0 radical (unpaired) electrons. The Labute approximate surface area is 138 Å². The van der Waals surface area contributed by atoms with Crippen LogP contribution in [-0.4, -0.2) is 16.1 Å². The quantitative estimate of drug-likeness (QED) is 0.910. The van der Waals surface area contributed by atoms with Crippen molar-refractivity contribution in [2.75, 3.05) is 5.32 Å². The minimum atomic E-state index is -0.0362. The maximum atomic E-state index is 12.4. The summed E-state index contributed by atoms with van der Waals surface area (Å²) in [5.74, 6) is 1.33. The molecule has 2 heterocycles. The lowest BCUT2D eigenvalue weighted by atomic mass is 9.87. The van der Waals surface area contributed by atoms with E-state index in [4.69, 9.17) is 0 Å². The van der Waals surface area contributed by atoms with Crippen LogP contribution in [0.25, 0.3) is 0 Å². The van der Waals surface area contributed by atoms with Gasteiger partial charge in [-0.25, -0.2) is 0 Å². The molecule has 1 amide bonds. The number of carbonyl (C=O) groups is 1. The minimum Gasteiger partial charge on any atom is -0.296 e. The fraction of sp³-hybridized carbons (Fsp3) is 0.562. The van der Waals surface area contributed by atoms with Gasteiger partial charge in [0, 0.05) is 10.8 Å². The van der Waals surface area contributed by atoms with Crippen molar-refractivity contribution in [1.29, 1.82) is 0 Å². The van der Waals surface area contributed by atoms with Crippen LogP contribution >= 0.6 is 22.7 Å². The molecule has 2 aliphatic rings. The first-order valence-electron chi connectivity index (χ1n) is 7.99. The molecule has 0 spiro atoms. The third-order valence-corrected chi connectivity index (χ3v) is 6.81. The highest BCUT2D eigenvalue weighted by Gasteiger charge is 2.28. The van der Waals surface area contributed by atoms with Gasteiger partial charge in [0.2, 0.25) is 5.13 Å². The van der Waals surface area contributed by atoms with Crippen molar-refractivity contribution < 1.29 is 4.79 Å². The summed E-state index contributed by atoms with van der Waals surface area (Å²) in [4.78, 5) is 14.6. The normalized spacial score (nSPS) is 20.7. The van der Waals surface area contributed by atoms with Gasteiger partial charge in [0.15, 0.2) is 0 Å². The van der Waals surface area contributed by atoms with E-state index in [0.29, 0.717) is 11.0 Å².